The van der Waals surface area contributed by atoms with Crippen molar-refractivity contribution in [2.24, 2.45) is 12.8 Å². The highest BCUT2D eigenvalue weighted by molar-refractivity contribution is 5.81. The van der Waals surface area contributed by atoms with E-state index in [0.717, 1.165) is 17.1 Å². The van der Waals surface area contributed by atoms with E-state index in [2.05, 4.69) is 4.98 Å². The number of aromatic nitrogens is 2. The standard InChI is InChI=1S/C15H12F3N3/c1-21-12-5-2-8(7-19)6-11(12)20-15(21)9-3-4-10(16)14(18)13(9)17/h2-6H,7,19H2,1H3. The molecule has 0 spiro atoms. The van der Waals surface area contributed by atoms with Crippen LogP contribution in [0.1, 0.15) is 5.56 Å². The van der Waals surface area contributed by atoms with Crippen LogP contribution >= 0.6 is 0 Å². The predicted octanol–water partition coefficient (Wildman–Crippen LogP) is 3.12. The summed E-state index contributed by atoms with van der Waals surface area (Å²) in [6.07, 6.45) is 0. The Morgan fingerprint density at radius 2 is 1.86 bits per heavy atom. The molecule has 1 heterocycles. The largest absolute Gasteiger partial charge is 0.327 e. The van der Waals surface area contributed by atoms with Gasteiger partial charge in [-0.3, -0.25) is 0 Å². The van der Waals surface area contributed by atoms with Gasteiger partial charge in [0, 0.05) is 13.6 Å². The molecule has 0 unspecified atom stereocenters. The van der Waals surface area contributed by atoms with Crippen LogP contribution in [-0.4, -0.2) is 9.55 Å². The Bertz CT molecular complexity index is 840. The molecule has 3 nitrogen and oxygen atoms in total. The molecule has 0 aliphatic heterocycles. The summed E-state index contributed by atoms with van der Waals surface area (Å²) in [6, 6.07) is 7.51. The highest BCUT2D eigenvalue weighted by Crippen LogP contribution is 2.28. The lowest BCUT2D eigenvalue weighted by atomic mass is 10.2. The molecule has 0 atom stereocenters. The molecule has 21 heavy (non-hydrogen) atoms. The van der Waals surface area contributed by atoms with E-state index >= 15 is 0 Å². The van der Waals surface area contributed by atoms with Crippen molar-refractivity contribution in [1.82, 2.24) is 9.55 Å². The first-order chi connectivity index (χ1) is 10.0. The van der Waals surface area contributed by atoms with Gasteiger partial charge >= 0.3 is 0 Å². The van der Waals surface area contributed by atoms with Gasteiger partial charge in [-0.2, -0.15) is 0 Å². The SMILES string of the molecule is Cn1c(-c2ccc(F)c(F)c2F)nc2cc(CN)ccc21. The van der Waals surface area contributed by atoms with Gasteiger partial charge in [-0.15, -0.1) is 0 Å². The molecule has 3 aromatic rings. The fourth-order valence-electron chi connectivity index (χ4n) is 2.31. The molecule has 2 N–H and O–H groups in total. The van der Waals surface area contributed by atoms with Crippen LogP contribution in [-0.2, 0) is 13.6 Å². The van der Waals surface area contributed by atoms with Gasteiger partial charge in [0.1, 0.15) is 5.82 Å². The van der Waals surface area contributed by atoms with E-state index in [1.807, 2.05) is 12.1 Å². The second kappa shape index (κ2) is 4.89. The molecule has 0 saturated carbocycles. The van der Waals surface area contributed by atoms with Gasteiger partial charge in [-0.05, 0) is 29.8 Å². The van der Waals surface area contributed by atoms with E-state index in [0.29, 0.717) is 12.1 Å². The van der Waals surface area contributed by atoms with Gasteiger partial charge in [0.25, 0.3) is 0 Å². The van der Waals surface area contributed by atoms with Crippen molar-refractivity contribution >= 4 is 11.0 Å². The minimum Gasteiger partial charge on any atom is -0.327 e. The van der Waals surface area contributed by atoms with Crippen molar-refractivity contribution in [3.63, 3.8) is 0 Å². The molecule has 0 saturated heterocycles. The van der Waals surface area contributed by atoms with Crippen molar-refractivity contribution < 1.29 is 13.2 Å². The molecule has 2 aromatic carbocycles. The highest BCUT2D eigenvalue weighted by Gasteiger charge is 2.19. The lowest BCUT2D eigenvalue weighted by Gasteiger charge is -2.05. The molecular weight excluding hydrogens is 279 g/mol. The van der Waals surface area contributed by atoms with Crippen molar-refractivity contribution in [1.29, 1.82) is 0 Å². The predicted molar refractivity (Wildman–Crippen MR) is 73.9 cm³/mol. The van der Waals surface area contributed by atoms with Crippen LogP contribution in [0, 0.1) is 17.5 Å². The van der Waals surface area contributed by atoms with Crippen LogP contribution in [0.3, 0.4) is 0 Å². The number of nitrogens with zero attached hydrogens (tertiary/aromatic N) is 2. The Hall–Kier alpha value is -2.34. The lowest BCUT2D eigenvalue weighted by molar-refractivity contribution is 0.448. The highest BCUT2D eigenvalue weighted by atomic mass is 19.2. The van der Waals surface area contributed by atoms with Crippen molar-refractivity contribution in [2.75, 3.05) is 0 Å². The number of rotatable bonds is 2. The summed E-state index contributed by atoms with van der Waals surface area (Å²) < 4.78 is 41.9. The van der Waals surface area contributed by atoms with Crippen LogP contribution in [0.25, 0.3) is 22.4 Å². The molecule has 3 rings (SSSR count). The van der Waals surface area contributed by atoms with Crippen LogP contribution in [0.5, 0.6) is 0 Å². The number of halogens is 3. The Kier molecular flexibility index (Phi) is 3.17. The maximum atomic E-state index is 13.9. The van der Waals surface area contributed by atoms with Crippen LogP contribution in [0.4, 0.5) is 13.2 Å². The maximum Gasteiger partial charge on any atom is 0.195 e. The third kappa shape index (κ3) is 2.08. The van der Waals surface area contributed by atoms with E-state index in [1.165, 1.54) is 6.07 Å². The molecule has 0 radical (unpaired) electrons. The minimum absolute atomic E-state index is 0.0816. The number of imidazole rings is 1. The zero-order valence-electron chi connectivity index (χ0n) is 11.2. The first kappa shape index (κ1) is 13.6. The third-order valence-electron chi connectivity index (χ3n) is 3.46. The maximum absolute atomic E-state index is 13.9. The molecule has 0 amide bonds. The Morgan fingerprint density at radius 3 is 2.57 bits per heavy atom. The molecule has 0 fully saturated rings. The second-order valence-corrected chi connectivity index (χ2v) is 4.74. The summed E-state index contributed by atoms with van der Waals surface area (Å²) in [6.45, 7) is 0.362. The molecule has 6 heteroatoms. The fourth-order valence-corrected chi connectivity index (χ4v) is 2.31. The summed E-state index contributed by atoms with van der Waals surface area (Å²) in [5, 5.41) is 0. The smallest absolute Gasteiger partial charge is 0.195 e. The third-order valence-corrected chi connectivity index (χ3v) is 3.46. The van der Waals surface area contributed by atoms with Gasteiger partial charge < -0.3 is 10.3 Å². The number of benzene rings is 2. The van der Waals surface area contributed by atoms with E-state index in [9.17, 15) is 13.2 Å². The van der Waals surface area contributed by atoms with Gasteiger partial charge in [0.05, 0.1) is 16.6 Å². The molecule has 0 bridgehead atoms. The first-order valence-corrected chi connectivity index (χ1v) is 6.32. The zero-order valence-corrected chi connectivity index (χ0v) is 11.2. The average Bonchev–Trinajstić information content (AvgIpc) is 2.81. The molecular formula is C15H12F3N3. The van der Waals surface area contributed by atoms with E-state index in [-0.39, 0.29) is 11.4 Å². The fraction of sp³-hybridized carbons (Fsp3) is 0.133. The quantitative estimate of drug-likeness (QED) is 0.737. The number of aryl methyl sites for hydroxylation is 1. The van der Waals surface area contributed by atoms with Crippen LogP contribution in [0.2, 0.25) is 0 Å². The normalized spacial score (nSPS) is 11.3. The monoisotopic (exact) mass is 291 g/mol. The number of hydrogen-bond donors (Lipinski definition) is 1. The average molecular weight is 291 g/mol. The summed E-state index contributed by atoms with van der Waals surface area (Å²) in [5.74, 6) is -3.73. The summed E-state index contributed by atoms with van der Waals surface area (Å²) in [5.41, 5.74) is 7.76. The van der Waals surface area contributed by atoms with E-state index < -0.39 is 17.5 Å². The molecule has 108 valence electrons. The van der Waals surface area contributed by atoms with Crippen molar-refractivity contribution in [2.45, 2.75) is 6.54 Å². The van der Waals surface area contributed by atoms with Gasteiger partial charge in [-0.25, -0.2) is 18.2 Å². The van der Waals surface area contributed by atoms with E-state index in [1.54, 1.807) is 17.7 Å². The number of fused-ring (bicyclic) bond motifs is 1. The Labute approximate surface area is 118 Å². The molecule has 0 aliphatic carbocycles. The van der Waals surface area contributed by atoms with Gasteiger partial charge in [0.15, 0.2) is 17.5 Å². The zero-order chi connectivity index (χ0) is 15.1. The topological polar surface area (TPSA) is 43.8 Å². The minimum atomic E-state index is -1.50. The van der Waals surface area contributed by atoms with Crippen LogP contribution in [0.15, 0.2) is 30.3 Å². The lowest BCUT2D eigenvalue weighted by Crippen LogP contribution is -1.99. The van der Waals surface area contributed by atoms with Crippen molar-refractivity contribution in [3.05, 3.63) is 53.3 Å². The molecule has 1 aromatic heterocycles. The van der Waals surface area contributed by atoms with Gasteiger partial charge in [0.2, 0.25) is 0 Å². The number of nitrogens with two attached hydrogens (primary N) is 1. The summed E-state index contributed by atoms with van der Waals surface area (Å²) in [4.78, 5) is 4.30. The Morgan fingerprint density at radius 1 is 1.10 bits per heavy atom. The number of hydrogen-bond acceptors (Lipinski definition) is 2. The Balaban J connectivity index is 2.26. The second-order valence-electron chi connectivity index (χ2n) is 4.74. The molecule has 0 aliphatic rings. The van der Waals surface area contributed by atoms with Crippen LogP contribution < -0.4 is 5.73 Å². The first-order valence-electron chi connectivity index (χ1n) is 6.32. The van der Waals surface area contributed by atoms with Crippen molar-refractivity contribution in [3.8, 4) is 11.4 Å². The van der Waals surface area contributed by atoms with Gasteiger partial charge in [-0.1, -0.05) is 6.07 Å². The summed E-state index contributed by atoms with van der Waals surface area (Å²) in [7, 11) is 1.69. The van der Waals surface area contributed by atoms with E-state index in [4.69, 9.17) is 5.73 Å². The summed E-state index contributed by atoms with van der Waals surface area (Å²) >= 11 is 0.